The Morgan fingerprint density at radius 1 is 1.14 bits per heavy atom. The minimum absolute atomic E-state index is 0.0354. The summed E-state index contributed by atoms with van der Waals surface area (Å²) in [6.45, 7) is 7.69. The molecule has 0 radical (unpaired) electrons. The number of aromatic nitrogens is 2. The summed E-state index contributed by atoms with van der Waals surface area (Å²) < 4.78 is 5.47. The molecule has 156 valence electrons. The van der Waals surface area contributed by atoms with Gasteiger partial charge in [0.15, 0.2) is 0 Å². The van der Waals surface area contributed by atoms with Crippen molar-refractivity contribution in [2.75, 3.05) is 50.1 Å². The topological polar surface area (TPSA) is 70.6 Å². The highest BCUT2D eigenvalue weighted by Gasteiger charge is 2.25. The monoisotopic (exact) mass is 397 g/mol. The van der Waals surface area contributed by atoms with Gasteiger partial charge in [-0.05, 0) is 25.5 Å². The zero-order chi connectivity index (χ0) is 20.6. The first-order chi connectivity index (χ1) is 14.1. The van der Waals surface area contributed by atoms with Crippen molar-refractivity contribution >= 4 is 17.4 Å². The SMILES string of the molecule is CCCCCNc1cc(C(=O)N2CCN(c3ccccc3OC)CC2)nc(C)n1. The van der Waals surface area contributed by atoms with Crippen LogP contribution in [-0.2, 0) is 0 Å². The maximum atomic E-state index is 13.0. The number of carbonyl (C=O) groups excluding carboxylic acids is 1. The lowest BCUT2D eigenvalue weighted by Gasteiger charge is -2.36. The fourth-order valence-corrected chi connectivity index (χ4v) is 3.56. The number of hydrogen-bond donors (Lipinski definition) is 1. The first kappa shape index (κ1) is 20.9. The van der Waals surface area contributed by atoms with E-state index in [1.807, 2.05) is 30.0 Å². The molecule has 0 atom stereocenters. The van der Waals surface area contributed by atoms with Crippen LogP contribution in [0.4, 0.5) is 11.5 Å². The van der Waals surface area contributed by atoms with Crippen molar-refractivity contribution in [1.29, 1.82) is 0 Å². The largest absolute Gasteiger partial charge is 0.495 e. The summed E-state index contributed by atoms with van der Waals surface area (Å²) in [7, 11) is 1.68. The standard InChI is InChI=1S/C22H31N5O2/c1-4-5-8-11-23-21-16-18(24-17(2)25-21)22(28)27-14-12-26(13-15-27)19-9-6-7-10-20(19)29-3/h6-7,9-10,16H,4-5,8,11-15H2,1-3H3,(H,23,24,25). The van der Waals surface area contributed by atoms with E-state index < -0.39 is 0 Å². The number of anilines is 2. The Labute approximate surface area is 173 Å². The van der Waals surface area contributed by atoms with E-state index in [1.54, 1.807) is 13.2 Å². The van der Waals surface area contributed by atoms with Crippen LogP contribution in [0.1, 0.15) is 42.5 Å². The van der Waals surface area contributed by atoms with Crippen LogP contribution in [0.2, 0.25) is 0 Å². The second kappa shape index (κ2) is 10.1. The van der Waals surface area contributed by atoms with Gasteiger partial charge in [-0.3, -0.25) is 4.79 Å². The van der Waals surface area contributed by atoms with E-state index in [9.17, 15) is 4.79 Å². The number of benzene rings is 1. The van der Waals surface area contributed by atoms with E-state index in [0.717, 1.165) is 43.3 Å². The van der Waals surface area contributed by atoms with E-state index in [1.165, 1.54) is 12.8 Å². The molecule has 7 nitrogen and oxygen atoms in total. The number of methoxy groups -OCH3 is 1. The van der Waals surface area contributed by atoms with Gasteiger partial charge in [0, 0.05) is 38.8 Å². The fourth-order valence-electron chi connectivity index (χ4n) is 3.56. The highest BCUT2D eigenvalue weighted by molar-refractivity contribution is 5.93. The Bertz CT molecular complexity index is 819. The molecule has 0 unspecified atom stereocenters. The van der Waals surface area contributed by atoms with Crippen molar-refractivity contribution in [2.24, 2.45) is 0 Å². The number of amides is 1. The predicted octanol–water partition coefficient (Wildman–Crippen LogP) is 3.36. The molecule has 2 heterocycles. The third-order valence-corrected chi connectivity index (χ3v) is 5.14. The molecule has 0 saturated carbocycles. The summed E-state index contributed by atoms with van der Waals surface area (Å²) in [5.41, 5.74) is 1.53. The van der Waals surface area contributed by atoms with Crippen LogP contribution in [0, 0.1) is 6.92 Å². The Balaban J connectivity index is 1.62. The predicted molar refractivity (Wildman–Crippen MR) is 116 cm³/mol. The molecule has 1 aromatic heterocycles. The molecule has 0 aliphatic carbocycles. The van der Waals surface area contributed by atoms with E-state index in [4.69, 9.17) is 4.74 Å². The number of ether oxygens (including phenoxy) is 1. The molecule has 1 aromatic carbocycles. The third kappa shape index (κ3) is 5.37. The Morgan fingerprint density at radius 2 is 1.90 bits per heavy atom. The maximum absolute atomic E-state index is 13.0. The van der Waals surface area contributed by atoms with Crippen LogP contribution in [0.5, 0.6) is 5.75 Å². The summed E-state index contributed by atoms with van der Waals surface area (Å²) in [5.74, 6) is 2.16. The number of para-hydroxylation sites is 2. The maximum Gasteiger partial charge on any atom is 0.272 e. The van der Waals surface area contributed by atoms with Gasteiger partial charge in [-0.1, -0.05) is 31.9 Å². The van der Waals surface area contributed by atoms with Crippen LogP contribution in [0.3, 0.4) is 0 Å². The van der Waals surface area contributed by atoms with Gasteiger partial charge in [-0.25, -0.2) is 9.97 Å². The molecule has 1 aliphatic heterocycles. The normalized spacial score (nSPS) is 14.0. The van der Waals surface area contributed by atoms with Gasteiger partial charge in [0.05, 0.1) is 12.8 Å². The van der Waals surface area contributed by atoms with Gasteiger partial charge in [-0.2, -0.15) is 0 Å². The van der Waals surface area contributed by atoms with Gasteiger partial charge in [0.25, 0.3) is 5.91 Å². The molecular weight excluding hydrogens is 366 g/mol. The Morgan fingerprint density at radius 3 is 2.62 bits per heavy atom. The zero-order valence-electron chi connectivity index (χ0n) is 17.6. The van der Waals surface area contributed by atoms with Gasteiger partial charge >= 0.3 is 0 Å². The summed E-state index contributed by atoms with van der Waals surface area (Å²) in [4.78, 5) is 25.9. The number of nitrogens with one attached hydrogen (secondary N) is 1. The average Bonchev–Trinajstić information content (AvgIpc) is 2.76. The van der Waals surface area contributed by atoms with Gasteiger partial charge < -0.3 is 19.9 Å². The first-order valence-corrected chi connectivity index (χ1v) is 10.4. The lowest BCUT2D eigenvalue weighted by molar-refractivity contribution is 0.0740. The summed E-state index contributed by atoms with van der Waals surface area (Å²) in [6.07, 6.45) is 3.45. The van der Waals surface area contributed by atoms with Crippen LogP contribution < -0.4 is 15.0 Å². The summed E-state index contributed by atoms with van der Waals surface area (Å²) in [6, 6.07) is 9.77. The van der Waals surface area contributed by atoms with Crippen molar-refractivity contribution in [3.05, 3.63) is 41.9 Å². The summed E-state index contributed by atoms with van der Waals surface area (Å²) >= 11 is 0. The molecule has 0 spiro atoms. The lowest BCUT2D eigenvalue weighted by Crippen LogP contribution is -2.49. The van der Waals surface area contributed by atoms with Crippen LogP contribution >= 0.6 is 0 Å². The molecule has 1 amide bonds. The smallest absolute Gasteiger partial charge is 0.272 e. The highest BCUT2D eigenvalue weighted by atomic mass is 16.5. The minimum Gasteiger partial charge on any atom is -0.495 e. The fraction of sp³-hybridized carbons (Fsp3) is 0.500. The van der Waals surface area contributed by atoms with Crippen LogP contribution in [0.15, 0.2) is 30.3 Å². The van der Waals surface area contributed by atoms with Crippen LogP contribution in [0.25, 0.3) is 0 Å². The lowest BCUT2D eigenvalue weighted by atomic mass is 10.2. The zero-order valence-corrected chi connectivity index (χ0v) is 17.6. The number of carbonyl (C=O) groups is 1. The molecule has 1 fully saturated rings. The number of unbranched alkanes of at least 4 members (excludes halogenated alkanes) is 2. The first-order valence-electron chi connectivity index (χ1n) is 10.4. The number of rotatable bonds is 8. The van der Waals surface area contributed by atoms with Gasteiger partial charge in [0.1, 0.15) is 23.1 Å². The molecule has 3 rings (SSSR count). The molecule has 1 aliphatic rings. The quantitative estimate of drug-likeness (QED) is 0.689. The van der Waals surface area contributed by atoms with E-state index >= 15 is 0 Å². The van der Waals surface area contributed by atoms with Gasteiger partial charge in [-0.15, -0.1) is 0 Å². The third-order valence-electron chi connectivity index (χ3n) is 5.14. The molecule has 29 heavy (non-hydrogen) atoms. The van der Waals surface area contributed by atoms with E-state index in [2.05, 4.69) is 33.2 Å². The van der Waals surface area contributed by atoms with Gasteiger partial charge in [0.2, 0.25) is 0 Å². The molecule has 7 heteroatoms. The molecular formula is C22H31N5O2. The second-order valence-electron chi connectivity index (χ2n) is 7.27. The van der Waals surface area contributed by atoms with E-state index in [0.29, 0.717) is 24.6 Å². The second-order valence-corrected chi connectivity index (χ2v) is 7.27. The highest BCUT2D eigenvalue weighted by Crippen LogP contribution is 2.28. The van der Waals surface area contributed by atoms with Crippen molar-refractivity contribution in [3.8, 4) is 5.75 Å². The minimum atomic E-state index is -0.0354. The van der Waals surface area contributed by atoms with Crippen LogP contribution in [-0.4, -0.2) is 60.6 Å². The Kier molecular flexibility index (Phi) is 7.27. The summed E-state index contributed by atoms with van der Waals surface area (Å²) in [5, 5.41) is 3.32. The molecule has 2 aromatic rings. The van der Waals surface area contributed by atoms with Crippen molar-refractivity contribution < 1.29 is 9.53 Å². The molecule has 0 bridgehead atoms. The van der Waals surface area contributed by atoms with Crippen molar-refractivity contribution in [3.63, 3.8) is 0 Å². The average molecular weight is 398 g/mol. The number of aryl methyl sites for hydroxylation is 1. The number of nitrogens with zero attached hydrogens (tertiary/aromatic N) is 4. The molecule has 1 saturated heterocycles. The van der Waals surface area contributed by atoms with Crippen molar-refractivity contribution in [2.45, 2.75) is 33.1 Å². The number of hydrogen-bond acceptors (Lipinski definition) is 6. The number of piperazine rings is 1. The molecule has 1 N–H and O–H groups in total. The Hall–Kier alpha value is -2.83. The van der Waals surface area contributed by atoms with E-state index in [-0.39, 0.29) is 5.91 Å². The van der Waals surface area contributed by atoms with Crippen molar-refractivity contribution in [1.82, 2.24) is 14.9 Å².